The maximum Gasteiger partial charge on any atom is 0.355 e. The highest BCUT2D eigenvalue weighted by atomic mass is 16.5. The first kappa shape index (κ1) is 21.0. The van der Waals surface area contributed by atoms with Crippen LogP contribution in [0.15, 0.2) is 23.0 Å². The van der Waals surface area contributed by atoms with Crippen LogP contribution in [0.5, 0.6) is 0 Å². The first-order chi connectivity index (χ1) is 12.9. The Kier molecular flexibility index (Phi) is 7.42. The number of hydrogen-bond donors (Lipinski definition) is 2. The number of unbranched alkanes of at least 4 members (excludes halogenated alkanes) is 1. The second-order valence-corrected chi connectivity index (χ2v) is 7.04. The number of fused-ring (bicyclic) bond motifs is 1. The fraction of sp³-hybridized carbons (Fsp3) is 0.524. The number of anilines is 1. The van der Waals surface area contributed by atoms with Crippen LogP contribution >= 0.6 is 0 Å². The van der Waals surface area contributed by atoms with Gasteiger partial charge >= 0.3 is 5.97 Å². The molecule has 6 heteroatoms. The molecule has 1 aromatic heterocycles. The van der Waals surface area contributed by atoms with Crippen LogP contribution in [0.2, 0.25) is 0 Å². The van der Waals surface area contributed by atoms with Gasteiger partial charge in [0.05, 0.1) is 30.8 Å². The van der Waals surface area contributed by atoms with E-state index in [0.29, 0.717) is 23.0 Å². The fourth-order valence-electron chi connectivity index (χ4n) is 3.21. The molecule has 6 nitrogen and oxygen atoms in total. The van der Waals surface area contributed by atoms with Crippen molar-refractivity contribution >= 4 is 22.6 Å². The van der Waals surface area contributed by atoms with Crippen LogP contribution in [-0.2, 0) is 11.3 Å². The van der Waals surface area contributed by atoms with E-state index in [-0.39, 0.29) is 17.7 Å². The summed E-state index contributed by atoms with van der Waals surface area (Å²) in [5.41, 5.74) is 2.33. The van der Waals surface area contributed by atoms with E-state index in [4.69, 9.17) is 4.74 Å². The van der Waals surface area contributed by atoms with Crippen molar-refractivity contribution in [2.75, 3.05) is 38.7 Å². The number of nitrogens with one attached hydrogen (secondary N) is 2. The molecule has 0 saturated carbocycles. The van der Waals surface area contributed by atoms with E-state index < -0.39 is 5.97 Å². The zero-order chi connectivity index (χ0) is 20.0. The molecular weight excluding hydrogens is 342 g/mol. The molecule has 1 atom stereocenters. The Labute approximate surface area is 161 Å². The summed E-state index contributed by atoms with van der Waals surface area (Å²) >= 11 is 0. The van der Waals surface area contributed by atoms with Crippen molar-refractivity contribution in [2.24, 2.45) is 0 Å². The SMILES string of the molecule is CCCC[NH+](CC)Cc1c(C(=O)OCC)[nH]c2ccc(N(C)C)cc2c1=O. The minimum absolute atomic E-state index is 0.0852. The molecule has 0 aliphatic heterocycles. The molecule has 2 rings (SSSR count). The lowest BCUT2D eigenvalue weighted by atomic mass is 10.1. The van der Waals surface area contributed by atoms with Gasteiger partial charge in [-0.2, -0.15) is 0 Å². The monoisotopic (exact) mass is 374 g/mol. The van der Waals surface area contributed by atoms with Gasteiger partial charge in [-0.25, -0.2) is 4.79 Å². The Hall–Kier alpha value is -2.34. The van der Waals surface area contributed by atoms with Crippen LogP contribution in [0.3, 0.4) is 0 Å². The van der Waals surface area contributed by atoms with Crippen molar-refractivity contribution in [3.63, 3.8) is 0 Å². The lowest BCUT2D eigenvalue weighted by molar-refractivity contribution is -0.912. The normalized spacial score (nSPS) is 12.2. The number of H-pyrrole nitrogens is 1. The zero-order valence-electron chi connectivity index (χ0n) is 17.1. The highest BCUT2D eigenvalue weighted by Gasteiger charge is 2.22. The Morgan fingerprint density at radius 2 is 1.96 bits per heavy atom. The van der Waals surface area contributed by atoms with Gasteiger partial charge in [0.25, 0.3) is 0 Å². The van der Waals surface area contributed by atoms with E-state index >= 15 is 0 Å². The predicted octanol–water partition coefficient (Wildman–Crippen LogP) is 1.98. The van der Waals surface area contributed by atoms with Gasteiger partial charge in [-0.3, -0.25) is 4.79 Å². The van der Waals surface area contributed by atoms with Gasteiger partial charge in [0.2, 0.25) is 0 Å². The molecule has 148 valence electrons. The van der Waals surface area contributed by atoms with Crippen LogP contribution in [0.4, 0.5) is 5.69 Å². The molecule has 0 radical (unpaired) electrons. The van der Waals surface area contributed by atoms with Gasteiger partial charge in [0, 0.05) is 25.2 Å². The number of carbonyl (C=O) groups is 1. The Bertz CT molecular complexity index is 842. The maximum absolute atomic E-state index is 13.3. The number of esters is 1. The molecule has 0 aliphatic carbocycles. The van der Waals surface area contributed by atoms with Gasteiger partial charge < -0.3 is 19.5 Å². The smallest absolute Gasteiger partial charge is 0.355 e. The molecule has 0 spiro atoms. The minimum Gasteiger partial charge on any atom is -0.461 e. The van der Waals surface area contributed by atoms with Gasteiger partial charge in [-0.15, -0.1) is 0 Å². The number of carbonyl (C=O) groups excluding carboxylic acids is 1. The van der Waals surface area contributed by atoms with E-state index in [2.05, 4.69) is 18.8 Å². The Morgan fingerprint density at radius 1 is 1.22 bits per heavy atom. The molecule has 2 aromatic rings. The number of rotatable bonds is 9. The highest BCUT2D eigenvalue weighted by molar-refractivity contribution is 5.93. The number of quaternary nitrogens is 1. The molecule has 1 aromatic carbocycles. The summed E-state index contributed by atoms with van der Waals surface area (Å²) in [6.07, 6.45) is 2.20. The van der Waals surface area contributed by atoms with Gasteiger partial charge in [-0.1, -0.05) is 13.3 Å². The minimum atomic E-state index is -0.464. The molecule has 0 aliphatic rings. The van der Waals surface area contributed by atoms with Crippen molar-refractivity contribution in [1.29, 1.82) is 0 Å². The van der Waals surface area contributed by atoms with E-state index in [0.717, 1.165) is 31.6 Å². The summed E-state index contributed by atoms with van der Waals surface area (Å²) in [5, 5.41) is 0.607. The number of hydrogen-bond acceptors (Lipinski definition) is 4. The average Bonchev–Trinajstić information content (AvgIpc) is 2.66. The molecule has 1 unspecified atom stereocenters. The third-order valence-electron chi connectivity index (χ3n) is 4.89. The van der Waals surface area contributed by atoms with E-state index in [1.807, 2.05) is 37.2 Å². The van der Waals surface area contributed by atoms with Crippen molar-refractivity contribution in [3.8, 4) is 0 Å². The quantitative estimate of drug-likeness (QED) is 0.659. The Balaban J connectivity index is 2.60. The third-order valence-corrected chi connectivity index (χ3v) is 4.89. The number of ether oxygens (including phenoxy) is 1. The topological polar surface area (TPSA) is 66.8 Å². The molecule has 2 N–H and O–H groups in total. The number of pyridine rings is 1. The second kappa shape index (κ2) is 9.55. The largest absolute Gasteiger partial charge is 0.461 e. The van der Waals surface area contributed by atoms with Gasteiger partial charge in [-0.05, 0) is 38.5 Å². The van der Waals surface area contributed by atoms with Crippen molar-refractivity contribution < 1.29 is 14.4 Å². The first-order valence-corrected chi connectivity index (χ1v) is 9.79. The van der Waals surface area contributed by atoms with Crippen molar-refractivity contribution in [2.45, 2.75) is 40.2 Å². The molecule has 0 fully saturated rings. The Morgan fingerprint density at radius 3 is 2.56 bits per heavy atom. The van der Waals surface area contributed by atoms with Crippen LogP contribution in [0.1, 0.15) is 49.7 Å². The van der Waals surface area contributed by atoms with Gasteiger partial charge in [0.1, 0.15) is 12.2 Å². The average molecular weight is 375 g/mol. The summed E-state index contributed by atoms with van der Waals surface area (Å²) in [6, 6.07) is 5.65. The lowest BCUT2D eigenvalue weighted by Gasteiger charge is -2.19. The highest BCUT2D eigenvalue weighted by Crippen LogP contribution is 2.19. The summed E-state index contributed by atoms with van der Waals surface area (Å²) in [6.45, 7) is 8.70. The van der Waals surface area contributed by atoms with Crippen LogP contribution in [0.25, 0.3) is 10.9 Å². The molecule has 0 amide bonds. The van der Waals surface area contributed by atoms with Gasteiger partial charge in [0.15, 0.2) is 5.43 Å². The predicted molar refractivity (Wildman–Crippen MR) is 110 cm³/mol. The van der Waals surface area contributed by atoms with Crippen LogP contribution in [0, 0.1) is 0 Å². The van der Waals surface area contributed by atoms with E-state index in [9.17, 15) is 9.59 Å². The zero-order valence-corrected chi connectivity index (χ0v) is 17.1. The summed E-state index contributed by atoms with van der Waals surface area (Å²) in [4.78, 5) is 32.2. The number of benzene rings is 1. The van der Waals surface area contributed by atoms with E-state index in [1.54, 1.807) is 6.92 Å². The molecule has 0 saturated heterocycles. The number of nitrogens with zero attached hydrogens (tertiary/aromatic N) is 1. The first-order valence-electron chi connectivity index (χ1n) is 9.79. The molecule has 0 bridgehead atoms. The standard InChI is InChI=1S/C21H31N3O3/c1-6-9-12-24(7-2)14-17-19(21(26)27-8-3)22-18-11-10-15(23(4)5)13-16(18)20(17)25/h10-11,13H,6-9,12,14H2,1-5H3,(H,22,25)/p+1. The van der Waals surface area contributed by atoms with Crippen LogP contribution in [-0.4, -0.2) is 44.7 Å². The number of aromatic nitrogens is 1. The summed E-state index contributed by atoms with van der Waals surface area (Å²) in [7, 11) is 3.88. The van der Waals surface area contributed by atoms with Crippen molar-refractivity contribution in [3.05, 3.63) is 39.7 Å². The summed E-state index contributed by atoms with van der Waals surface area (Å²) in [5.74, 6) is -0.464. The third kappa shape index (κ3) is 4.89. The fourth-order valence-corrected chi connectivity index (χ4v) is 3.21. The number of aromatic amines is 1. The molecular formula is C21H32N3O3+. The molecule has 27 heavy (non-hydrogen) atoms. The second-order valence-electron chi connectivity index (χ2n) is 7.04. The lowest BCUT2D eigenvalue weighted by Crippen LogP contribution is -3.10. The molecule has 1 heterocycles. The summed E-state index contributed by atoms with van der Waals surface area (Å²) < 4.78 is 5.20. The maximum atomic E-state index is 13.3. The van der Waals surface area contributed by atoms with Crippen LogP contribution < -0.4 is 15.2 Å². The van der Waals surface area contributed by atoms with E-state index in [1.165, 1.54) is 4.90 Å². The van der Waals surface area contributed by atoms with Crippen molar-refractivity contribution in [1.82, 2.24) is 4.98 Å².